The van der Waals surface area contributed by atoms with Gasteiger partial charge in [0.05, 0.1) is 6.20 Å². The van der Waals surface area contributed by atoms with Gasteiger partial charge in [-0.2, -0.15) is 4.90 Å². The third-order valence-electron chi connectivity index (χ3n) is 3.12. The number of phenolic OH excluding ortho intramolecular Hbond substituents is 1. The largest absolute Gasteiger partial charge is 0.711 e. The van der Waals surface area contributed by atoms with Crippen molar-refractivity contribution in [3.05, 3.63) is 59.4 Å². The zero-order chi connectivity index (χ0) is 14.1. The van der Waals surface area contributed by atoms with Crippen LogP contribution in [0.25, 0.3) is 0 Å². The Labute approximate surface area is 120 Å². The average Bonchev–Trinajstić information content (AvgIpc) is 2.82. The van der Waals surface area contributed by atoms with Crippen LogP contribution in [0.3, 0.4) is 0 Å². The van der Waals surface area contributed by atoms with Gasteiger partial charge in [0.1, 0.15) is 11.5 Å². The summed E-state index contributed by atoms with van der Waals surface area (Å²) in [4.78, 5) is 13.5. The van der Waals surface area contributed by atoms with Crippen molar-refractivity contribution in [1.82, 2.24) is 0 Å². The van der Waals surface area contributed by atoms with Crippen LogP contribution in [0.4, 0.5) is 5.82 Å². The first-order chi connectivity index (χ1) is 9.68. The van der Waals surface area contributed by atoms with Crippen molar-refractivity contribution in [3.8, 4) is 5.75 Å². The monoisotopic (exact) mass is 288 g/mol. The third-order valence-corrected chi connectivity index (χ3v) is 4.32. The van der Waals surface area contributed by atoms with E-state index in [2.05, 4.69) is 0 Å². The van der Waals surface area contributed by atoms with Crippen LogP contribution in [-0.4, -0.2) is 16.8 Å². The molecule has 0 spiro atoms. The second kappa shape index (κ2) is 5.05. The number of thioether (sulfide) groups is 1. The van der Waals surface area contributed by atoms with Crippen molar-refractivity contribution in [1.29, 1.82) is 0 Å². The molecule has 0 aliphatic carbocycles. The molecule has 1 amide bonds. The first kappa shape index (κ1) is 12.8. The second-order valence-electron chi connectivity index (χ2n) is 4.37. The number of hydrogen-bond acceptors (Lipinski definition) is 4. The first-order valence-electron chi connectivity index (χ1n) is 6.08. The molecule has 1 unspecified atom stereocenters. The topological polar surface area (TPSA) is 67.5 Å². The quantitative estimate of drug-likeness (QED) is 0.676. The predicted molar refractivity (Wildman–Crippen MR) is 76.2 cm³/mol. The number of phenols is 1. The number of pyridine rings is 1. The molecule has 6 heteroatoms. The molecule has 1 N–H and O–H groups in total. The summed E-state index contributed by atoms with van der Waals surface area (Å²) in [7, 11) is 0. The van der Waals surface area contributed by atoms with E-state index in [1.54, 1.807) is 42.5 Å². The highest BCUT2D eigenvalue weighted by atomic mass is 32.2. The van der Waals surface area contributed by atoms with Crippen LogP contribution in [0, 0.1) is 5.21 Å². The van der Waals surface area contributed by atoms with E-state index < -0.39 is 0 Å². The lowest BCUT2D eigenvalue weighted by Crippen LogP contribution is -2.39. The highest BCUT2D eigenvalue weighted by molar-refractivity contribution is 8.00. The molecule has 1 aliphatic heterocycles. The fraction of sp³-hybridized carbons (Fsp3) is 0.143. The Bertz CT molecular complexity index is 662. The predicted octanol–water partition coefficient (Wildman–Crippen LogP) is 1.80. The van der Waals surface area contributed by atoms with Crippen molar-refractivity contribution in [2.24, 2.45) is 0 Å². The van der Waals surface area contributed by atoms with E-state index in [9.17, 15) is 15.1 Å². The molecule has 1 aromatic carbocycles. The summed E-state index contributed by atoms with van der Waals surface area (Å²) in [5, 5.41) is 21.4. The lowest BCUT2D eigenvalue weighted by Gasteiger charge is -2.20. The minimum Gasteiger partial charge on any atom is -0.711 e. The molecule has 2 heterocycles. The fourth-order valence-corrected chi connectivity index (χ4v) is 3.40. The van der Waals surface area contributed by atoms with E-state index in [1.807, 2.05) is 0 Å². The van der Waals surface area contributed by atoms with E-state index in [0.717, 1.165) is 0 Å². The summed E-state index contributed by atoms with van der Waals surface area (Å²) in [6.45, 7) is 0. The summed E-state index contributed by atoms with van der Waals surface area (Å²) in [5.74, 6) is 0.543. The molecule has 1 aliphatic rings. The van der Waals surface area contributed by atoms with E-state index in [4.69, 9.17) is 0 Å². The fourth-order valence-electron chi connectivity index (χ4n) is 2.20. The molecule has 5 nitrogen and oxygen atoms in total. The first-order valence-corrected chi connectivity index (χ1v) is 7.13. The Balaban J connectivity index is 2.06. The van der Waals surface area contributed by atoms with Gasteiger partial charge < -0.3 is 10.3 Å². The van der Waals surface area contributed by atoms with Crippen molar-refractivity contribution in [2.45, 2.75) is 5.37 Å². The highest BCUT2D eigenvalue weighted by Gasteiger charge is 2.42. The van der Waals surface area contributed by atoms with Crippen LogP contribution in [0.15, 0.2) is 48.7 Å². The lowest BCUT2D eigenvalue weighted by molar-refractivity contribution is -0.591. The minimum absolute atomic E-state index is 0.123. The summed E-state index contributed by atoms with van der Waals surface area (Å²) in [6.07, 6.45) is 1.35. The Hall–Kier alpha value is -2.21. The number of aromatic hydroxyl groups is 1. The minimum atomic E-state index is -0.383. The van der Waals surface area contributed by atoms with Gasteiger partial charge in [-0.15, -0.1) is 0 Å². The number of anilines is 1. The average molecular weight is 288 g/mol. The van der Waals surface area contributed by atoms with E-state index in [1.165, 1.54) is 22.9 Å². The van der Waals surface area contributed by atoms with E-state index in [0.29, 0.717) is 10.3 Å². The molecule has 2 aromatic rings. The van der Waals surface area contributed by atoms with Gasteiger partial charge in [0.25, 0.3) is 5.82 Å². The Morgan fingerprint density at radius 2 is 2.00 bits per heavy atom. The number of aromatic nitrogens is 1. The van der Waals surface area contributed by atoms with Gasteiger partial charge in [0.2, 0.25) is 0 Å². The van der Waals surface area contributed by atoms with Gasteiger partial charge in [-0.25, -0.2) is 9.52 Å². The summed E-state index contributed by atoms with van der Waals surface area (Å²) in [5.41, 5.74) is 0.632. The number of amides is 1. The number of hydrogen-bond donors (Lipinski definition) is 1. The van der Waals surface area contributed by atoms with E-state index in [-0.39, 0.29) is 28.6 Å². The van der Waals surface area contributed by atoms with Crippen LogP contribution in [-0.2, 0) is 4.79 Å². The zero-order valence-corrected chi connectivity index (χ0v) is 11.3. The molecule has 3 rings (SSSR count). The molecule has 20 heavy (non-hydrogen) atoms. The standard InChI is InChI=1S/C14H12N2O3S/c17-11-6-2-1-5-10(11)14-16(13(18)9-20-14)12-7-3-4-8-15(12)19/h1-8,14,17H,9H2. The SMILES string of the molecule is O=C1CSC(c2ccccc2O)N1c1cccc[n+]1[O-]. The molecule has 0 radical (unpaired) electrons. The molecule has 1 aromatic heterocycles. The van der Waals surface area contributed by atoms with Crippen LogP contribution in [0.2, 0.25) is 0 Å². The highest BCUT2D eigenvalue weighted by Crippen LogP contribution is 2.43. The third kappa shape index (κ3) is 2.08. The molecule has 0 saturated carbocycles. The lowest BCUT2D eigenvalue weighted by atomic mass is 10.2. The van der Waals surface area contributed by atoms with Gasteiger partial charge in [-0.05, 0) is 12.1 Å². The van der Waals surface area contributed by atoms with E-state index >= 15 is 0 Å². The number of para-hydroxylation sites is 1. The summed E-state index contributed by atoms with van der Waals surface area (Å²) in [6, 6.07) is 11.8. The normalized spacial score (nSPS) is 18.5. The number of nitrogens with zero attached hydrogens (tertiary/aromatic N) is 2. The van der Waals surface area contributed by atoms with Gasteiger partial charge in [0.15, 0.2) is 5.37 Å². The molecular formula is C14H12N2O3S. The maximum atomic E-state index is 12.1. The Morgan fingerprint density at radius 1 is 1.25 bits per heavy atom. The van der Waals surface area contributed by atoms with Crippen LogP contribution < -0.4 is 9.63 Å². The molecule has 102 valence electrons. The molecule has 1 saturated heterocycles. The van der Waals surface area contributed by atoms with Gasteiger partial charge in [-0.3, -0.25) is 0 Å². The molecular weight excluding hydrogens is 276 g/mol. The number of rotatable bonds is 2. The second-order valence-corrected chi connectivity index (χ2v) is 5.44. The summed E-state index contributed by atoms with van der Waals surface area (Å²) < 4.78 is 0.663. The smallest absolute Gasteiger partial charge is 0.321 e. The van der Waals surface area contributed by atoms with Crippen LogP contribution in [0.5, 0.6) is 5.75 Å². The zero-order valence-electron chi connectivity index (χ0n) is 10.5. The molecule has 0 bridgehead atoms. The maximum Gasteiger partial charge on any atom is 0.321 e. The number of carbonyl (C=O) groups is 1. The van der Waals surface area contributed by atoms with Crippen molar-refractivity contribution >= 4 is 23.5 Å². The summed E-state index contributed by atoms with van der Waals surface area (Å²) >= 11 is 1.39. The van der Waals surface area contributed by atoms with Crippen LogP contribution in [0.1, 0.15) is 10.9 Å². The Kier molecular flexibility index (Phi) is 3.23. The molecule has 1 fully saturated rings. The molecule has 1 atom stereocenters. The van der Waals surface area contributed by atoms with Gasteiger partial charge in [-0.1, -0.05) is 36.0 Å². The maximum absolute atomic E-state index is 12.1. The van der Waals surface area contributed by atoms with Gasteiger partial charge in [0, 0.05) is 11.6 Å². The van der Waals surface area contributed by atoms with Gasteiger partial charge >= 0.3 is 5.91 Å². The van der Waals surface area contributed by atoms with Crippen molar-refractivity contribution in [2.75, 3.05) is 10.7 Å². The van der Waals surface area contributed by atoms with Crippen LogP contribution >= 0.6 is 11.8 Å². The number of benzene rings is 1. The number of carbonyl (C=O) groups excluding carboxylic acids is 1. The van der Waals surface area contributed by atoms with Crippen molar-refractivity contribution < 1.29 is 14.6 Å². The Morgan fingerprint density at radius 3 is 2.75 bits per heavy atom. The van der Waals surface area contributed by atoms with Crippen molar-refractivity contribution in [3.63, 3.8) is 0 Å².